The van der Waals surface area contributed by atoms with Gasteiger partial charge in [-0.1, -0.05) is 23.5 Å². The maximum absolute atomic E-state index is 14.1. The summed E-state index contributed by atoms with van der Waals surface area (Å²) in [4.78, 5) is 50.4. The number of alkyl halides is 2. The highest BCUT2D eigenvalue weighted by molar-refractivity contribution is 7.99. The first-order valence-corrected chi connectivity index (χ1v) is 28.0. The van der Waals surface area contributed by atoms with Crippen LogP contribution >= 0.6 is 23.5 Å². The van der Waals surface area contributed by atoms with E-state index in [1.165, 1.54) is 23.5 Å². The van der Waals surface area contributed by atoms with Crippen LogP contribution in [0.3, 0.4) is 0 Å². The van der Waals surface area contributed by atoms with Crippen LogP contribution in [0.1, 0.15) is 77.6 Å². The number of alkyl carbamates (subject to hydrolysis) is 1. The van der Waals surface area contributed by atoms with Gasteiger partial charge in [0.15, 0.2) is 34.8 Å². The number of nitrogens with two attached hydrogens (primary N) is 1. The number of pyridine rings is 2. The molecule has 1 amide bonds. The second-order valence-electron chi connectivity index (χ2n) is 22.3. The van der Waals surface area contributed by atoms with Crippen molar-refractivity contribution in [3.05, 3.63) is 48.3 Å². The van der Waals surface area contributed by atoms with Gasteiger partial charge in [-0.05, 0) is 65.5 Å². The summed E-state index contributed by atoms with van der Waals surface area (Å²) in [5.74, 6) is 4.01. The van der Waals surface area contributed by atoms with Crippen molar-refractivity contribution in [2.24, 2.45) is 16.6 Å². The molecule has 6 fully saturated rings. The molecule has 24 heteroatoms. The molecular formula is C52H68F2N12O8S2. The van der Waals surface area contributed by atoms with E-state index in [2.05, 4.69) is 30.1 Å². The molecule has 0 bridgehead atoms. The van der Waals surface area contributed by atoms with Gasteiger partial charge in [0, 0.05) is 68.3 Å². The molecule has 20 nitrogen and oxygen atoms in total. The van der Waals surface area contributed by atoms with E-state index < -0.39 is 24.0 Å². The summed E-state index contributed by atoms with van der Waals surface area (Å²) in [6.45, 7) is 13.5. The molecule has 7 atom stereocenters. The van der Waals surface area contributed by atoms with Gasteiger partial charge in [-0.3, -0.25) is 0 Å². The minimum Gasteiger partial charge on any atom is -0.486 e. The van der Waals surface area contributed by atoms with Gasteiger partial charge in [-0.15, -0.1) is 0 Å². The van der Waals surface area contributed by atoms with Crippen LogP contribution < -0.4 is 40.1 Å². The fraction of sp³-hybridized carbons (Fsp3) is 0.635. The zero-order valence-corrected chi connectivity index (χ0v) is 45.0. The van der Waals surface area contributed by atoms with E-state index in [1.807, 2.05) is 49.6 Å². The van der Waals surface area contributed by atoms with Crippen molar-refractivity contribution in [1.29, 1.82) is 0 Å². The minimum absolute atomic E-state index is 0.00590. The van der Waals surface area contributed by atoms with Crippen molar-refractivity contribution in [2.75, 3.05) is 91.9 Å². The molecule has 2 spiro atoms. The SMILES string of the molecule is C[C@@H]1OCC2(CCN(c3ncc(Sc4ccnc5c4OC[C@@H]4C[C@H](F)CN54)nc3CO)CC2)[C@@H]1NC(=O)OC(C)(C)C.N[C@@H]1COCC12CCN(c1ncc(Sc3ccnc4c3OC[C@@H]3C[C@H](F)CN43)nc1CO)CC2. The molecule has 4 aromatic heterocycles. The Bertz CT molecular complexity index is 2750. The van der Waals surface area contributed by atoms with Gasteiger partial charge in [0.25, 0.3) is 0 Å². The van der Waals surface area contributed by atoms with E-state index in [0.29, 0.717) is 116 Å². The predicted octanol–water partition coefficient (Wildman–Crippen LogP) is 5.49. The summed E-state index contributed by atoms with van der Waals surface area (Å²) in [6, 6.07) is 3.69. The van der Waals surface area contributed by atoms with Gasteiger partial charge in [0.05, 0.1) is 92.5 Å². The Morgan fingerprint density at radius 1 is 0.763 bits per heavy atom. The van der Waals surface area contributed by atoms with Gasteiger partial charge in [0.1, 0.15) is 52.6 Å². The Morgan fingerprint density at radius 2 is 1.26 bits per heavy atom. The lowest BCUT2D eigenvalue weighted by Gasteiger charge is -2.43. The van der Waals surface area contributed by atoms with Crippen molar-refractivity contribution in [1.82, 2.24) is 35.2 Å². The number of nitrogens with one attached hydrogen (secondary N) is 1. The van der Waals surface area contributed by atoms with Gasteiger partial charge < -0.3 is 64.5 Å². The molecule has 410 valence electrons. The lowest BCUT2D eigenvalue weighted by atomic mass is 9.73. The third-order valence-electron chi connectivity index (χ3n) is 16.2. The van der Waals surface area contributed by atoms with Crippen LogP contribution in [0.4, 0.5) is 36.8 Å². The lowest BCUT2D eigenvalue weighted by molar-refractivity contribution is 0.0434. The topological polar surface area (TPSA) is 232 Å². The predicted molar refractivity (Wildman–Crippen MR) is 280 cm³/mol. The lowest BCUT2D eigenvalue weighted by Crippen LogP contribution is -2.55. The van der Waals surface area contributed by atoms with Crippen molar-refractivity contribution < 1.29 is 47.5 Å². The molecule has 12 heterocycles. The number of piperidine rings is 2. The molecule has 0 aliphatic carbocycles. The summed E-state index contributed by atoms with van der Waals surface area (Å²) in [6.07, 6.45) is 8.97. The number of aromatic nitrogens is 6. The summed E-state index contributed by atoms with van der Waals surface area (Å²) in [5.41, 5.74) is 6.64. The first-order valence-electron chi connectivity index (χ1n) is 26.4. The Morgan fingerprint density at radius 3 is 1.72 bits per heavy atom. The zero-order chi connectivity index (χ0) is 52.9. The molecule has 6 saturated heterocycles. The average molecular weight is 1090 g/mol. The minimum atomic E-state index is -0.880. The molecule has 76 heavy (non-hydrogen) atoms. The van der Waals surface area contributed by atoms with E-state index in [1.54, 1.807) is 24.8 Å². The van der Waals surface area contributed by atoms with E-state index >= 15 is 0 Å². The standard InChI is InChI=1S/C29H39FN6O5S.C23H29FN6O3S/c1-17-24(34-27(38)41-28(2,3)4)29(16-40-17)6-9-35(10-7-29)25-20(14-37)33-22(12-32-25)42-21-5-8-31-26-23(21)39-15-19-11-18(30)13-36(19)26;24-14-7-15-11-33-20-17(1-4-26-22(20)30(15)9-14)34-19-8-27-21(16(10-31)28-19)29-5-2-23(3-6-29)13-32-12-18(23)25/h5,8,12,17-19,24,37H,6-7,9-11,13-16H2,1-4H3,(H,34,38);1,4,8,14-15,18,31H,2-3,5-7,9-13,25H2/t17-,18-,19-,24+;14-,15-,18+/m00/s1. The molecule has 0 radical (unpaired) electrons. The Kier molecular flexibility index (Phi) is 15.0. The third kappa shape index (κ3) is 10.6. The number of aliphatic hydroxyl groups is 2. The Hall–Kier alpha value is -5.11. The van der Waals surface area contributed by atoms with Gasteiger partial charge in [-0.2, -0.15) is 0 Å². The van der Waals surface area contributed by atoms with Crippen molar-refractivity contribution in [2.45, 2.75) is 147 Å². The molecular weight excluding hydrogens is 1020 g/mol. The fourth-order valence-electron chi connectivity index (χ4n) is 12.1. The summed E-state index contributed by atoms with van der Waals surface area (Å²) in [7, 11) is 0. The van der Waals surface area contributed by atoms with E-state index in [9.17, 15) is 23.8 Å². The highest BCUT2D eigenvalue weighted by Crippen LogP contribution is 2.48. The van der Waals surface area contributed by atoms with E-state index in [-0.39, 0.29) is 54.3 Å². The van der Waals surface area contributed by atoms with Crippen LogP contribution in [0.15, 0.2) is 56.8 Å². The second kappa shape index (κ2) is 21.6. The Labute approximate surface area is 449 Å². The number of nitrogens with zero attached hydrogens (tertiary/aromatic N) is 10. The number of amides is 1. The summed E-state index contributed by atoms with van der Waals surface area (Å²) >= 11 is 2.81. The monoisotopic (exact) mass is 1090 g/mol. The van der Waals surface area contributed by atoms with Crippen molar-refractivity contribution >= 4 is 52.9 Å². The first-order chi connectivity index (χ1) is 36.6. The van der Waals surface area contributed by atoms with Crippen molar-refractivity contribution in [3.63, 3.8) is 0 Å². The Balaban J connectivity index is 0.000000166. The first kappa shape index (κ1) is 52.9. The van der Waals surface area contributed by atoms with E-state index in [4.69, 9.17) is 44.4 Å². The number of hydrogen-bond acceptors (Lipinski definition) is 21. The average Bonchev–Trinajstić information content (AvgIpc) is 4.18. The zero-order valence-electron chi connectivity index (χ0n) is 43.4. The summed E-state index contributed by atoms with van der Waals surface area (Å²) in [5, 5.41) is 24.7. The summed E-state index contributed by atoms with van der Waals surface area (Å²) < 4.78 is 57.2. The highest BCUT2D eigenvalue weighted by atomic mass is 32.2. The molecule has 0 aromatic carbocycles. The largest absolute Gasteiger partial charge is 0.486 e. The molecule has 8 aliphatic heterocycles. The normalized spacial score (nSPS) is 27.0. The second-order valence-corrected chi connectivity index (χ2v) is 24.4. The van der Waals surface area contributed by atoms with Crippen LogP contribution in [0.25, 0.3) is 0 Å². The van der Waals surface area contributed by atoms with Crippen LogP contribution in [-0.4, -0.2) is 167 Å². The number of aliphatic hydroxyl groups excluding tert-OH is 2. The van der Waals surface area contributed by atoms with E-state index in [0.717, 1.165) is 61.0 Å². The number of carbonyl (C=O) groups excluding carboxylic acids is 1. The number of anilines is 4. The smallest absolute Gasteiger partial charge is 0.407 e. The maximum atomic E-state index is 14.1. The molecule has 0 saturated carbocycles. The molecule has 0 unspecified atom stereocenters. The third-order valence-corrected chi connectivity index (χ3v) is 18.1. The quantitative estimate of drug-likeness (QED) is 0.162. The number of rotatable bonds is 9. The van der Waals surface area contributed by atoms with Gasteiger partial charge >= 0.3 is 6.09 Å². The van der Waals surface area contributed by atoms with Crippen LogP contribution in [0, 0.1) is 10.8 Å². The maximum Gasteiger partial charge on any atom is 0.407 e. The number of carbonyl (C=O) groups is 1. The van der Waals surface area contributed by atoms with Crippen LogP contribution in [-0.2, 0) is 27.4 Å². The number of hydrogen-bond donors (Lipinski definition) is 4. The van der Waals surface area contributed by atoms with Gasteiger partial charge in [-0.25, -0.2) is 43.5 Å². The van der Waals surface area contributed by atoms with Crippen LogP contribution in [0.5, 0.6) is 11.5 Å². The number of halogens is 2. The van der Waals surface area contributed by atoms with Gasteiger partial charge in [0.2, 0.25) is 0 Å². The molecule has 4 aromatic rings. The molecule has 8 aliphatic rings. The number of ether oxygens (including phenoxy) is 5. The van der Waals surface area contributed by atoms with Crippen molar-refractivity contribution in [3.8, 4) is 11.5 Å². The molecule has 12 rings (SSSR count). The molecule has 5 N–H and O–H groups in total. The van der Waals surface area contributed by atoms with Crippen LogP contribution in [0.2, 0.25) is 0 Å². The fourth-order valence-corrected chi connectivity index (χ4v) is 13.8. The number of fused-ring (bicyclic) bond motifs is 6. The highest BCUT2D eigenvalue weighted by Gasteiger charge is 2.51.